The second kappa shape index (κ2) is 6.88. The summed E-state index contributed by atoms with van der Waals surface area (Å²) >= 11 is 0. The van der Waals surface area contributed by atoms with E-state index in [9.17, 15) is 0 Å². The van der Waals surface area contributed by atoms with Crippen LogP contribution in [0, 0.1) is 0 Å². The second-order valence-electron chi connectivity index (χ2n) is 5.76. The van der Waals surface area contributed by atoms with Crippen LogP contribution in [-0.2, 0) is 19.4 Å². The molecule has 0 aromatic carbocycles. The predicted octanol–water partition coefficient (Wildman–Crippen LogP) is 2.57. The summed E-state index contributed by atoms with van der Waals surface area (Å²) in [6, 6.07) is 0. The van der Waals surface area contributed by atoms with Crippen LogP contribution in [0.5, 0.6) is 0 Å². The lowest BCUT2D eigenvalue weighted by atomic mass is 10.1. The van der Waals surface area contributed by atoms with E-state index in [1.807, 2.05) is 0 Å². The van der Waals surface area contributed by atoms with Crippen molar-refractivity contribution >= 4 is 0 Å². The summed E-state index contributed by atoms with van der Waals surface area (Å²) in [4.78, 5) is 4.52. The first-order valence-electron chi connectivity index (χ1n) is 7.14. The fourth-order valence-electron chi connectivity index (χ4n) is 1.87. The van der Waals surface area contributed by atoms with E-state index >= 15 is 0 Å². The molecular formula is C14H28N4. The van der Waals surface area contributed by atoms with E-state index in [4.69, 9.17) is 0 Å². The highest BCUT2D eigenvalue weighted by atomic mass is 15.3. The zero-order valence-corrected chi connectivity index (χ0v) is 12.6. The third-order valence-corrected chi connectivity index (χ3v) is 2.88. The van der Waals surface area contributed by atoms with Crippen LogP contribution in [0.3, 0.4) is 0 Å². The highest BCUT2D eigenvalue weighted by molar-refractivity contribution is 4.92. The third-order valence-electron chi connectivity index (χ3n) is 2.88. The molecule has 18 heavy (non-hydrogen) atoms. The Balaban J connectivity index is 2.32. The number of unbranched alkanes of at least 4 members (excludes halogenated alkanes) is 1. The summed E-state index contributed by atoms with van der Waals surface area (Å²) in [6.07, 6.45) is 4.23. The monoisotopic (exact) mass is 252 g/mol. The summed E-state index contributed by atoms with van der Waals surface area (Å²) in [6.45, 7) is 12.9. The van der Waals surface area contributed by atoms with Gasteiger partial charge in [0.05, 0.1) is 0 Å². The molecule has 1 rings (SSSR count). The molecule has 4 nitrogen and oxygen atoms in total. The van der Waals surface area contributed by atoms with Crippen molar-refractivity contribution < 1.29 is 0 Å². The number of aromatic nitrogens is 3. The molecule has 0 aliphatic rings. The molecule has 0 atom stereocenters. The van der Waals surface area contributed by atoms with Crippen LogP contribution < -0.4 is 5.32 Å². The SMILES string of the molecule is CCc1nc(CC)n(CCCCNC(C)(C)C)n1. The van der Waals surface area contributed by atoms with Gasteiger partial charge >= 0.3 is 0 Å². The number of nitrogens with zero attached hydrogens (tertiary/aromatic N) is 3. The van der Waals surface area contributed by atoms with E-state index in [1.165, 1.54) is 6.42 Å². The molecule has 104 valence electrons. The number of hydrogen-bond donors (Lipinski definition) is 1. The van der Waals surface area contributed by atoms with Crippen molar-refractivity contribution in [2.45, 2.75) is 72.4 Å². The molecule has 0 bridgehead atoms. The van der Waals surface area contributed by atoms with Gasteiger partial charge in [-0.15, -0.1) is 0 Å². The van der Waals surface area contributed by atoms with Crippen LogP contribution in [0.25, 0.3) is 0 Å². The lowest BCUT2D eigenvalue weighted by Gasteiger charge is -2.20. The first kappa shape index (κ1) is 15.2. The van der Waals surface area contributed by atoms with Crippen molar-refractivity contribution in [1.29, 1.82) is 0 Å². The van der Waals surface area contributed by atoms with Gasteiger partial charge < -0.3 is 5.32 Å². The van der Waals surface area contributed by atoms with Crippen LogP contribution in [0.4, 0.5) is 0 Å². The quantitative estimate of drug-likeness (QED) is 0.758. The van der Waals surface area contributed by atoms with Gasteiger partial charge in [-0.3, -0.25) is 0 Å². The van der Waals surface area contributed by atoms with E-state index in [0.717, 1.165) is 44.0 Å². The molecule has 0 amide bonds. The van der Waals surface area contributed by atoms with E-state index in [0.29, 0.717) is 0 Å². The van der Waals surface area contributed by atoms with Crippen molar-refractivity contribution in [1.82, 2.24) is 20.1 Å². The highest BCUT2D eigenvalue weighted by Gasteiger charge is 2.08. The molecule has 1 heterocycles. The highest BCUT2D eigenvalue weighted by Crippen LogP contribution is 2.04. The summed E-state index contributed by atoms with van der Waals surface area (Å²) < 4.78 is 2.08. The molecule has 0 fully saturated rings. The Bertz CT molecular complexity index is 349. The minimum atomic E-state index is 0.219. The number of aryl methyl sites for hydroxylation is 3. The topological polar surface area (TPSA) is 42.7 Å². The fourth-order valence-corrected chi connectivity index (χ4v) is 1.87. The fraction of sp³-hybridized carbons (Fsp3) is 0.857. The van der Waals surface area contributed by atoms with Crippen molar-refractivity contribution in [2.75, 3.05) is 6.54 Å². The molecule has 0 aliphatic carbocycles. The molecule has 1 aromatic heterocycles. The van der Waals surface area contributed by atoms with Gasteiger partial charge in [-0.2, -0.15) is 5.10 Å². The Kier molecular flexibility index (Phi) is 5.79. The number of hydrogen-bond acceptors (Lipinski definition) is 3. The summed E-state index contributed by atoms with van der Waals surface area (Å²) in [5.74, 6) is 2.09. The molecule has 0 saturated heterocycles. The van der Waals surface area contributed by atoms with Gasteiger partial charge in [0.2, 0.25) is 0 Å². The Morgan fingerprint density at radius 2 is 1.83 bits per heavy atom. The zero-order valence-electron chi connectivity index (χ0n) is 12.6. The van der Waals surface area contributed by atoms with Crippen LogP contribution in [0.2, 0.25) is 0 Å². The predicted molar refractivity (Wildman–Crippen MR) is 75.8 cm³/mol. The van der Waals surface area contributed by atoms with Crippen molar-refractivity contribution in [3.63, 3.8) is 0 Å². The van der Waals surface area contributed by atoms with Gasteiger partial charge in [0.15, 0.2) is 5.82 Å². The van der Waals surface area contributed by atoms with Gasteiger partial charge in [-0.1, -0.05) is 13.8 Å². The second-order valence-corrected chi connectivity index (χ2v) is 5.76. The Labute approximate surface area is 111 Å². The average molecular weight is 252 g/mol. The molecule has 4 heteroatoms. The average Bonchev–Trinajstić information content (AvgIpc) is 2.69. The third kappa shape index (κ3) is 5.17. The normalized spacial score (nSPS) is 12.1. The van der Waals surface area contributed by atoms with Gasteiger partial charge in [0.25, 0.3) is 0 Å². The Morgan fingerprint density at radius 3 is 2.39 bits per heavy atom. The van der Waals surface area contributed by atoms with E-state index in [2.05, 4.69) is 54.7 Å². The lowest BCUT2D eigenvalue weighted by Crippen LogP contribution is -2.36. The zero-order chi connectivity index (χ0) is 13.6. The molecule has 0 spiro atoms. The maximum atomic E-state index is 4.53. The minimum absolute atomic E-state index is 0.219. The van der Waals surface area contributed by atoms with Gasteiger partial charge in [-0.25, -0.2) is 9.67 Å². The largest absolute Gasteiger partial charge is 0.312 e. The molecule has 0 aliphatic heterocycles. The standard InChI is InChI=1S/C14H28N4/c1-6-12-16-13(7-2)18(17-12)11-9-8-10-15-14(3,4)5/h15H,6-11H2,1-5H3. The van der Waals surface area contributed by atoms with Gasteiger partial charge in [0, 0.05) is 24.9 Å². The Hall–Kier alpha value is -0.900. The first-order valence-corrected chi connectivity index (χ1v) is 7.14. The van der Waals surface area contributed by atoms with Crippen LogP contribution in [0.15, 0.2) is 0 Å². The molecular weight excluding hydrogens is 224 g/mol. The molecule has 0 unspecified atom stereocenters. The minimum Gasteiger partial charge on any atom is -0.312 e. The Morgan fingerprint density at radius 1 is 1.11 bits per heavy atom. The van der Waals surface area contributed by atoms with Crippen LogP contribution in [-0.4, -0.2) is 26.8 Å². The molecule has 1 aromatic rings. The lowest BCUT2D eigenvalue weighted by molar-refractivity contribution is 0.410. The molecule has 1 N–H and O–H groups in total. The van der Waals surface area contributed by atoms with Gasteiger partial charge in [0.1, 0.15) is 5.82 Å². The molecule has 0 radical (unpaired) electrons. The number of nitrogens with one attached hydrogen (secondary N) is 1. The first-order chi connectivity index (χ1) is 8.46. The van der Waals surface area contributed by atoms with Crippen LogP contribution >= 0.6 is 0 Å². The van der Waals surface area contributed by atoms with Crippen LogP contribution in [0.1, 0.15) is 59.1 Å². The maximum Gasteiger partial charge on any atom is 0.150 e. The van der Waals surface area contributed by atoms with Crippen molar-refractivity contribution in [3.8, 4) is 0 Å². The summed E-state index contributed by atoms with van der Waals surface area (Å²) in [5.41, 5.74) is 0.219. The summed E-state index contributed by atoms with van der Waals surface area (Å²) in [5, 5.41) is 8.04. The van der Waals surface area contributed by atoms with Crippen molar-refractivity contribution in [2.24, 2.45) is 0 Å². The maximum absolute atomic E-state index is 4.53. The number of rotatable bonds is 7. The van der Waals surface area contributed by atoms with E-state index in [-0.39, 0.29) is 5.54 Å². The van der Waals surface area contributed by atoms with E-state index < -0.39 is 0 Å². The smallest absolute Gasteiger partial charge is 0.150 e. The van der Waals surface area contributed by atoms with Crippen molar-refractivity contribution in [3.05, 3.63) is 11.6 Å². The summed E-state index contributed by atoms with van der Waals surface area (Å²) in [7, 11) is 0. The van der Waals surface area contributed by atoms with E-state index in [1.54, 1.807) is 0 Å². The van der Waals surface area contributed by atoms with Gasteiger partial charge in [-0.05, 0) is 40.2 Å². The molecule has 0 saturated carbocycles.